The van der Waals surface area contributed by atoms with Gasteiger partial charge in [-0.1, -0.05) is 54.6 Å². The summed E-state index contributed by atoms with van der Waals surface area (Å²) in [6.07, 6.45) is 4.44. The second-order valence-corrected chi connectivity index (χ2v) is 7.34. The van der Waals surface area contributed by atoms with Crippen molar-refractivity contribution in [3.05, 3.63) is 102 Å². The Morgan fingerprint density at radius 1 is 1.07 bits per heavy atom. The van der Waals surface area contributed by atoms with Crippen LogP contribution in [-0.2, 0) is 13.0 Å². The van der Waals surface area contributed by atoms with E-state index in [2.05, 4.69) is 33.5 Å². The minimum Gasteiger partial charge on any atom is -0.356 e. The molecule has 2 aromatic heterocycles. The number of aromatic nitrogens is 2. The van der Waals surface area contributed by atoms with Crippen LogP contribution in [0.2, 0.25) is 0 Å². The number of fused-ring (bicyclic) bond motifs is 3. The molecule has 29 heavy (non-hydrogen) atoms. The van der Waals surface area contributed by atoms with E-state index in [1.54, 1.807) is 6.20 Å². The predicted octanol–water partition coefficient (Wildman–Crippen LogP) is 4.42. The van der Waals surface area contributed by atoms with E-state index in [1.807, 2.05) is 59.6 Å². The van der Waals surface area contributed by atoms with E-state index in [0.29, 0.717) is 13.1 Å². The highest BCUT2D eigenvalue weighted by molar-refractivity contribution is 5.86. The van der Waals surface area contributed by atoms with Crippen LogP contribution >= 0.6 is 0 Å². The highest BCUT2D eigenvalue weighted by Gasteiger charge is 2.34. The first-order valence-corrected chi connectivity index (χ1v) is 9.89. The van der Waals surface area contributed by atoms with Gasteiger partial charge in [0.15, 0.2) is 0 Å². The Hall–Kier alpha value is -3.60. The van der Waals surface area contributed by atoms with Crippen LogP contribution in [0.15, 0.2) is 79.1 Å². The van der Waals surface area contributed by atoms with E-state index < -0.39 is 0 Å². The minimum absolute atomic E-state index is 0.0630. The third-order valence-corrected chi connectivity index (χ3v) is 5.58. The standard InChI is InChI=1S/C24H22N4O/c29-24(26-15-17-7-2-1-3-8-17)28-14-12-20-19-10-4-5-11-21(19)27-22(20)23(28)18-9-6-13-25-16-18/h1-11,13,16,23,27H,12,14-15H2,(H,26,29). The fraction of sp³-hybridized carbons (Fsp3) is 0.167. The van der Waals surface area contributed by atoms with Crippen molar-refractivity contribution in [2.45, 2.75) is 19.0 Å². The summed E-state index contributed by atoms with van der Waals surface area (Å²) in [5.74, 6) is 0. The lowest BCUT2D eigenvalue weighted by Crippen LogP contribution is -2.45. The van der Waals surface area contributed by atoms with Crippen LogP contribution in [0.3, 0.4) is 0 Å². The number of pyridine rings is 1. The zero-order valence-electron chi connectivity index (χ0n) is 16.0. The molecular weight excluding hydrogens is 360 g/mol. The first-order valence-electron chi connectivity index (χ1n) is 9.89. The van der Waals surface area contributed by atoms with Gasteiger partial charge in [0.25, 0.3) is 0 Å². The minimum atomic E-state index is -0.185. The molecule has 0 bridgehead atoms. The summed E-state index contributed by atoms with van der Waals surface area (Å²) in [7, 11) is 0. The Labute approximate surface area is 169 Å². The van der Waals surface area contributed by atoms with Crippen molar-refractivity contribution in [2.75, 3.05) is 6.54 Å². The number of amides is 2. The van der Waals surface area contributed by atoms with Crippen molar-refractivity contribution in [1.29, 1.82) is 0 Å². The number of H-pyrrole nitrogens is 1. The number of hydrogen-bond acceptors (Lipinski definition) is 2. The molecule has 5 heteroatoms. The molecule has 0 saturated carbocycles. The van der Waals surface area contributed by atoms with Gasteiger partial charge in [0.05, 0.1) is 0 Å². The van der Waals surface area contributed by atoms with Gasteiger partial charge >= 0.3 is 6.03 Å². The number of carbonyl (C=O) groups excluding carboxylic acids is 1. The predicted molar refractivity (Wildman–Crippen MR) is 113 cm³/mol. The molecule has 1 aliphatic heterocycles. The molecule has 3 heterocycles. The molecule has 2 aromatic carbocycles. The van der Waals surface area contributed by atoms with Crippen LogP contribution in [0.4, 0.5) is 4.79 Å². The number of aromatic amines is 1. The van der Waals surface area contributed by atoms with Crippen LogP contribution in [0.5, 0.6) is 0 Å². The van der Waals surface area contributed by atoms with Gasteiger partial charge in [-0.2, -0.15) is 0 Å². The number of rotatable bonds is 3. The largest absolute Gasteiger partial charge is 0.356 e. The average Bonchev–Trinajstić information content (AvgIpc) is 3.17. The zero-order chi connectivity index (χ0) is 19.6. The lowest BCUT2D eigenvalue weighted by atomic mass is 9.93. The quantitative estimate of drug-likeness (QED) is 0.551. The molecule has 0 aliphatic carbocycles. The van der Waals surface area contributed by atoms with E-state index in [-0.39, 0.29) is 12.1 Å². The maximum atomic E-state index is 13.2. The Morgan fingerprint density at radius 3 is 2.72 bits per heavy atom. The summed E-state index contributed by atoms with van der Waals surface area (Å²) in [5, 5.41) is 4.32. The molecule has 0 spiro atoms. The smallest absolute Gasteiger partial charge is 0.318 e. The van der Waals surface area contributed by atoms with Crippen LogP contribution in [-0.4, -0.2) is 27.4 Å². The van der Waals surface area contributed by atoms with Gasteiger partial charge in [0.2, 0.25) is 0 Å². The van der Waals surface area contributed by atoms with Crippen molar-refractivity contribution in [2.24, 2.45) is 0 Å². The van der Waals surface area contributed by atoms with Gasteiger partial charge in [-0.05, 0) is 35.2 Å². The lowest BCUT2D eigenvalue weighted by Gasteiger charge is -2.36. The third kappa shape index (κ3) is 3.25. The van der Waals surface area contributed by atoms with Crippen molar-refractivity contribution in [3.8, 4) is 0 Å². The Bertz CT molecular complexity index is 1140. The van der Waals surface area contributed by atoms with Crippen molar-refractivity contribution < 1.29 is 4.79 Å². The van der Waals surface area contributed by atoms with Gasteiger partial charge in [-0.25, -0.2) is 4.79 Å². The van der Waals surface area contributed by atoms with Crippen LogP contribution in [0, 0.1) is 0 Å². The summed E-state index contributed by atoms with van der Waals surface area (Å²) in [6.45, 7) is 1.17. The summed E-state index contributed by atoms with van der Waals surface area (Å²) >= 11 is 0. The summed E-state index contributed by atoms with van der Waals surface area (Å²) in [6, 6.07) is 22.0. The Balaban J connectivity index is 1.50. The highest BCUT2D eigenvalue weighted by Crippen LogP contribution is 2.38. The molecule has 0 radical (unpaired) electrons. The number of carbonyl (C=O) groups is 1. The van der Waals surface area contributed by atoms with Gasteiger partial charge in [-0.3, -0.25) is 4.98 Å². The van der Waals surface area contributed by atoms with E-state index in [0.717, 1.165) is 28.8 Å². The van der Waals surface area contributed by atoms with Crippen LogP contribution in [0.1, 0.15) is 28.4 Å². The Morgan fingerprint density at radius 2 is 1.90 bits per heavy atom. The number of benzene rings is 2. The number of urea groups is 1. The first kappa shape index (κ1) is 17.5. The summed E-state index contributed by atoms with van der Waals surface area (Å²) in [4.78, 5) is 23.0. The number of para-hydroxylation sites is 1. The fourth-order valence-electron chi connectivity index (χ4n) is 4.22. The molecule has 2 N–H and O–H groups in total. The summed E-state index contributed by atoms with van der Waals surface area (Å²) in [5.41, 5.74) is 5.58. The number of nitrogens with zero attached hydrogens (tertiary/aromatic N) is 2. The monoisotopic (exact) mass is 382 g/mol. The molecule has 2 amide bonds. The molecule has 0 fully saturated rings. The van der Waals surface area contributed by atoms with E-state index >= 15 is 0 Å². The number of hydrogen-bond donors (Lipinski definition) is 2. The van der Waals surface area contributed by atoms with E-state index in [9.17, 15) is 4.79 Å². The summed E-state index contributed by atoms with van der Waals surface area (Å²) < 4.78 is 0. The van der Waals surface area contributed by atoms with Crippen LogP contribution in [0.25, 0.3) is 10.9 Å². The highest BCUT2D eigenvalue weighted by atomic mass is 16.2. The number of nitrogens with one attached hydrogen (secondary N) is 2. The molecule has 144 valence electrons. The lowest BCUT2D eigenvalue weighted by molar-refractivity contribution is 0.178. The molecule has 5 rings (SSSR count). The molecule has 5 nitrogen and oxygen atoms in total. The van der Waals surface area contributed by atoms with Crippen molar-refractivity contribution >= 4 is 16.9 Å². The fourth-order valence-corrected chi connectivity index (χ4v) is 4.22. The van der Waals surface area contributed by atoms with Gasteiger partial charge < -0.3 is 15.2 Å². The van der Waals surface area contributed by atoms with Crippen molar-refractivity contribution in [3.63, 3.8) is 0 Å². The zero-order valence-corrected chi connectivity index (χ0v) is 16.0. The second kappa shape index (κ2) is 7.43. The topological polar surface area (TPSA) is 61.0 Å². The third-order valence-electron chi connectivity index (χ3n) is 5.58. The SMILES string of the molecule is O=C(NCc1ccccc1)N1CCc2c([nH]c3ccccc23)C1c1cccnc1. The molecule has 4 aromatic rings. The van der Waals surface area contributed by atoms with Crippen LogP contribution < -0.4 is 5.32 Å². The molecule has 1 aliphatic rings. The maximum absolute atomic E-state index is 13.2. The molecular formula is C24H22N4O. The first-order chi connectivity index (χ1) is 14.3. The molecule has 0 saturated heterocycles. The molecule has 1 unspecified atom stereocenters. The normalized spacial score (nSPS) is 15.9. The molecule has 1 atom stereocenters. The Kier molecular flexibility index (Phi) is 4.48. The van der Waals surface area contributed by atoms with E-state index in [1.165, 1.54) is 10.9 Å². The van der Waals surface area contributed by atoms with Gasteiger partial charge in [-0.15, -0.1) is 0 Å². The second-order valence-electron chi connectivity index (χ2n) is 7.34. The van der Waals surface area contributed by atoms with Gasteiger partial charge in [0, 0.05) is 42.1 Å². The van der Waals surface area contributed by atoms with Gasteiger partial charge in [0.1, 0.15) is 6.04 Å². The van der Waals surface area contributed by atoms with E-state index in [4.69, 9.17) is 0 Å². The maximum Gasteiger partial charge on any atom is 0.318 e. The van der Waals surface area contributed by atoms with Crippen molar-refractivity contribution in [1.82, 2.24) is 20.2 Å². The average molecular weight is 382 g/mol.